The summed E-state index contributed by atoms with van der Waals surface area (Å²) in [6, 6.07) is 14.0. The maximum Gasteiger partial charge on any atom is 0.247 e. The molecule has 1 aliphatic heterocycles. The molecule has 6 nitrogen and oxygen atoms in total. The monoisotopic (exact) mass is 442 g/mol. The van der Waals surface area contributed by atoms with Crippen LogP contribution in [0.2, 0.25) is 0 Å². The molecule has 0 amide bonds. The van der Waals surface area contributed by atoms with Gasteiger partial charge in [0.1, 0.15) is 16.7 Å². The van der Waals surface area contributed by atoms with Gasteiger partial charge in [0.15, 0.2) is 0 Å². The smallest absolute Gasteiger partial charge is 0.247 e. The van der Waals surface area contributed by atoms with Gasteiger partial charge in [-0.05, 0) is 51.4 Å². The van der Waals surface area contributed by atoms with Crippen LogP contribution in [0.1, 0.15) is 25.0 Å². The summed E-state index contributed by atoms with van der Waals surface area (Å²) >= 11 is 0. The molecule has 0 radical (unpaired) electrons. The molecule has 2 aromatic carbocycles. The summed E-state index contributed by atoms with van der Waals surface area (Å²) in [5.41, 5.74) is 1.56. The summed E-state index contributed by atoms with van der Waals surface area (Å²) < 4.78 is 34.5. The highest BCUT2D eigenvalue weighted by atomic mass is 32.2. The highest BCUT2D eigenvalue weighted by molar-refractivity contribution is 7.89. The first-order chi connectivity index (χ1) is 14.7. The largest absolute Gasteiger partial charge is 0.487 e. The van der Waals surface area contributed by atoms with Gasteiger partial charge in [0.2, 0.25) is 10.0 Å². The van der Waals surface area contributed by atoms with E-state index < -0.39 is 16.1 Å². The molecule has 0 aliphatic carbocycles. The lowest BCUT2D eigenvalue weighted by Crippen LogP contribution is -2.49. The van der Waals surface area contributed by atoms with E-state index in [1.807, 2.05) is 56.3 Å². The molecule has 0 saturated heterocycles. The first-order valence-corrected chi connectivity index (χ1v) is 11.8. The Bertz CT molecular complexity index is 1060. The number of ether oxygens (including phenoxy) is 1. The number of sulfonamides is 1. The molecule has 0 unspecified atom stereocenters. The van der Waals surface area contributed by atoms with E-state index in [4.69, 9.17) is 4.74 Å². The molecule has 0 saturated carbocycles. The summed E-state index contributed by atoms with van der Waals surface area (Å²) in [7, 11) is 0.0853. The SMILES string of the molecule is C[C@@H]1CN([C@@H](C)CO)S(=O)(=O)c2ccc(C#Cc3ccccc3)cc2O[C@@H]1CN(C)C. The lowest BCUT2D eigenvalue weighted by Gasteiger charge is -2.37. The maximum atomic E-state index is 13.4. The van der Waals surface area contributed by atoms with Crippen LogP contribution < -0.4 is 4.74 Å². The third-order valence-electron chi connectivity index (χ3n) is 5.34. The molecule has 3 rings (SSSR count). The van der Waals surface area contributed by atoms with Crippen molar-refractivity contribution in [1.29, 1.82) is 0 Å². The normalized spacial score (nSPS) is 21.7. The van der Waals surface area contributed by atoms with Crippen molar-refractivity contribution in [1.82, 2.24) is 9.21 Å². The highest BCUT2D eigenvalue weighted by Crippen LogP contribution is 2.34. The fraction of sp³-hybridized carbons (Fsp3) is 0.417. The zero-order chi connectivity index (χ0) is 22.6. The van der Waals surface area contributed by atoms with Gasteiger partial charge in [0.05, 0.1) is 6.61 Å². The number of hydrogen-bond donors (Lipinski definition) is 1. The van der Waals surface area contributed by atoms with E-state index in [2.05, 4.69) is 11.8 Å². The zero-order valence-electron chi connectivity index (χ0n) is 18.4. The third kappa shape index (κ3) is 5.46. The molecule has 1 N–H and O–H groups in total. The topological polar surface area (TPSA) is 70.1 Å². The van der Waals surface area contributed by atoms with Gasteiger partial charge < -0.3 is 14.7 Å². The molecule has 7 heteroatoms. The highest BCUT2D eigenvalue weighted by Gasteiger charge is 2.37. The number of aliphatic hydroxyl groups is 1. The number of rotatable bonds is 4. The average Bonchev–Trinajstić information content (AvgIpc) is 2.74. The molecule has 0 bridgehead atoms. The molecule has 1 heterocycles. The van der Waals surface area contributed by atoms with Crippen LogP contribution in [0, 0.1) is 17.8 Å². The maximum absolute atomic E-state index is 13.4. The van der Waals surface area contributed by atoms with Crippen LogP contribution in [-0.4, -0.2) is 68.7 Å². The number of aliphatic hydroxyl groups excluding tert-OH is 1. The van der Waals surface area contributed by atoms with Crippen LogP contribution in [0.3, 0.4) is 0 Å². The minimum atomic E-state index is -3.84. The van der Waals surface area contributed by atoms with Crippen molar-refractivity contribution in [3.63, 3.8) is 0 Å². The second-order valence-corrected chi connectivity index (χ2v) is 10.1. The average molecular weight is 443 g/mol. The van der Waals surface area contributed by atoms with Crippen LogP contribution in [-0.2, 0) is 10.0 Å². The molecule has 0 aromatic heterocycles. The van der Waals surface area contributed by atoms with Crippen LogP contribution in [0.4, 0.5) is 0 Å². The minimum Gasteiger partial charge on any atom is -0.487 e. The van der Waals surface area contributed by atoms with Crippen molar-refractivity contribution in [2.75, 3.05) is 33.8 Å². The number of likely N-dealkylation sites (N-methyl/N-ethyl adjacent to an activating group) is 1. The summed E-state index contributed by atoms with van der Waals surface area (Å²) in [4.78, 5) is 2.13. The van der Waals surface area contributed by atoms with Crippen molar-refractivity contribution >= 4 is 10.0 Å². The summed E-state index contributed by atoms with van der Waals surface area (Å²) in [6.45, 7) is 4.36. The van der Waals surface area contributed by atoms with Gasteiger partial charge in [-0.3, -0.25) is 0 Å². The van der Waals surface area contributed by atoms with E-state index in [0.29, 0.717) is 17.9 Å². The van der Waals surface area contributed by atoms with Crippen molar-refractivity contribution in [2.24, 2.45) is 5.92 Å². The fourth-order valence-corrected chi connectivity index (χ4v) is 5.37. The number of benzene rings is 2. The van der Waals surface area contributed by atoms with Gasteiger partial charge in [0.25, 0.3) is 0 Å². The van der Waals surface area contributed by atoms with Gasteiger partial charge in [-0.1, -0.05) is 37.0 Å². The van der Waals surface area contributed by atoms with Gasteiger partial charge in [-0.25, -0.2) is 8.42 Å². The predicted molar refractivity (Wildman–Crippen MR) is 121 cm³/mol. The van der Waals surface area contributed by atoms with Crippen molar-refractivity contribution in [3.05, 3.63) is 59.7 Å². The summed E-state index contributed by atoms with van der Waals surface area (Å²) in [5, 5.41) is 9.69. The number of hydrogen-bond acceptors (Lipinski definition) is 5. The Morgan fingerprint density at radius 1 is 1.16 bits per heavy atom. The molecule has 2 aromatic rings. The van der Waals surface area contributed by atoms with E-state index in [0.717, 1.165) is 5.56 Å². The summed E-state index contributed by atoms with van der Waals surface area (Å²) in [6.07, 6.45) is -0.213. The Morgan fingerprint density at radius 2 is 1.84 bits per heavy atom. The molecular weight excluding hydrogens is 412 g/mol. The number of fused-ring (bicyclic) bond motifs is 1. The Kier molecular flexibility index (Phi) is 7.39. The quantitative estimate of drug-likeness (QED) is 0.737. The van der Waals surface area contributed by atoms with E-state index in [9.17, 15) is 13.5 Å². The van der Waals surface area contributed by atoms with E-state index >= 15 is 0 Å². The number of nitrogens with zero attached hydrogens (tertiary/aromatic N) is 2. The molecule has 0 spiro atoms. The Labute approximate surface area is 185 Å². The van der Waals surface area contributed by atoms with Crippen LogP contribution in [0.15, 0.2) is 53.4 Å². The lowest BCUT2D eigenvalue weighted by molar-refractivity contribution is 0.0812. The van der Waals surface area contributed by atoms with Crippen LogP contribution in [0.5, 0.6) is 5.75 Å². The second-order valence-electron chi connectivity index (χ2n) is 8.28. The van der Waals surface area contributed by atoms with Crippen molar-refractivity contribution in [2.45, 2.75) is 30.9 Å². The zero-order valence-corrected chi connectivity index (χ0v) is 19.3. The van der Waals surface area contributed by atoms with Gasteiger partial charge in [-0.15, -0.1) is 0 Å². The lowest BCUT2D eigenvalue weighted by atomic mass is 10.0. The van der Waals surface area contributed by atoms with Gasteiger partial charge >= 0.3 is 0 Å². The van der Waals surface area contributed by atoms with Gasteiger partial charge in [-0.2, -0.15) is 4.31 Å². The molecule has 1 aliphatic rings. The first kappa shape index (κ1) is 23.3. The predicted octanol–water partition coefficient (Wildman–Crippen LogP) is 2.42. The van der Waals surface area contributed by atoms with E-state index in [1.54, 1.807) is 25.1 Å². The molecular formula is C24H30N2O4S. The molecule has 166 valence electrons. The summed E-state index contributed by atoms with van der Waals surface area (Å²) in [5.74, 6) is 6.42. The molecule has 3 atom stereocenters. The molecule has 0 fully saturated rings. The van der Waals surface area contributed by atoms with E-state index in [-0.39, 0.29) is 30.1 Å². The Balaban J connectivity index is 2.08. The van der Waals surface area contributed by atoms with Crippen molar-refractivity contribution < 1.29 is 18.3 Å². The van der Waals surface area contributed by atoms with Gasteiger partial charge in [0, 0.05) is 36.2 Å². The Morgan fingerprint density at radius 3 is 2.48 bits per heavy atom. The standard InChI is InChI=1S/C24H30N2O4S/c1-18-15-26(19(2)17-27)31(28,29)24-13-12-21(11-10-20-8-6-5-7-9-20)14-22(24)30-23(18)16-25(3)4/h5-9,12-14,18-19,23,27H,15-17H2,1-4H3/t18-,19+,23-/m1/s1. The van der Waals surface area contributed by atoms with E-state index in [1.165, 1.54) is 4.31 Å². The van der Waals surface area contributed by atoms with Crippen molar-refractivity contribution in [3.8, 4) is 17.6 Å². The second kappa shape index (κ2) is 9.84. The third-order valence-corrected chi connectivity index (χ3v) is 7.36. The first-order valence-electron chi connectivity index (χ1n) is 10.4. The van der Waals surface area contributed by atoms with Crippen LogP contribution >= 0.6 is 0 Å². The Hall–Kier alpha value is -2.37. The van der Waals surface area contributed by atoms with Crippen LogP contribution in [0.25, 0.3) is 0 Å². The molecule has 31 heavy (non-hydrogen) atoms. The minimum absolute atomic E-state index is 0.0709. The fourth-order valence-electron chi connectivity index (χ4n) is 3.55.